The molecule has 0 spiro atoms. The molecule has 3 nitrogen and oxygen atoms in total. The van der Waals surface area contributed by atoms with Crippen LogP contribution in [-0.4, -0.2) is 23.9 Å². The summed E-state index contributed by atoms with van der Waals surface area (Å²) in [7, 11) is 0. The molecule has 82 valence electrons. The number of hydrogen-bond donors (Lipinski definition) is 2. The van der Waals surface area contributed by atoms with Gasteiger partial charge < -0.3 is 10.4 Å². The highest BCUT2D eigenvalue weighted by molar-refractivity contribution is 7.98. The molecule has 0 aliphatic carbocycles. The number of carbonyl (C=O) groups is 1. The van der Waals surface area contributed by atoms with Crippen molar-refractivity contribution in [3.8, 4) is 0 Å². The minimum Gasteiger partial charge on any atom is -0.478 e. The van der Waals surface area contributed by atoms with Gasteiger partial charge in [-0.05, 0) is 24.8 Å². The molecule has 1 aromatic carbocycles. The summed E-state index contributed by atoms with van der Waals surface area (Å²) in [6.45, 7) is 2.84. The SMILES string of the molecule is CCCNc1cccc(SC)c1C(=O)O. The molecule has 0 radical (unpaired) electrons. The van der Waals surface area contributed by atoms with Gasteiger partial charge in [0.1, 0.15) is 0 Å². The van der Waals surface area contributed by atoms with E-state index in [1.807, 2.05) is 25.3 Å². The first-order valence-electron chi connectivity index (χ1n) is 4.84. The summed E-state index contributed by atoms with van der Waals surface area (Å²) in [6.07, 6.45) is 2.86. The summed E-state index contributed by atoms with van der Waals surface area (Å²) in [5.74, 6) is -0.876. The Balaban J connectivity index is 3.07. The van der Waals surface area contributed by atoms with Crippen LogP contribution in [0.15, 0.2) is 23.1 Å². The molecule has 0 unspecified atom stereocenters. The molecule has 15 heavy (non-hydrogen) atoms. The Labute approximate surface area is 93.9 Å². The lowest BCUT2D eigenvalue weighted by Gasteiger charge is -2.11. The topological polar surface area (TPSA) is 49.3 Å². The van der Waals surface area contributed by atoms with Crippen molar-refractivity contribution in [2.75, 3.05) is 18.1 Å². The van der Waals surface area contributed by atoms with Crippen molar-refractivity contribution in [2.24, 2.45) is 0 Å². The molecule has 0 heterocycles. The number of carboxylic acid groups (broad SMARTS) is 1. The maximum atomic E-state index is 11.1. The maximum absolute atomic E-state index is 11.1. The Morgan fingerprint density at radius 3 is 2.80 bits per heavy atom. The Hall–Kier alpha value is -1.16. The van der Waals surface area contributed by atoms with Gasteiger partial charge in [-0.1, -0.05) is 13.0 Å². The summed E-state index contributed by atoms with van der Waals surface area (Å²) in [5.41, 5.74) is 1.08. The van der Waals surface area contributed by atoms with Gasteiger partial charge in [-0.2, -0.15) is 0 Å². The fraction of sp³-hybridized carbons (Fsp3) is 0.364. The molecule has 0 fully saturated rings. The number of carboxylic acids is 1. The molecular weight excluding hydrogens is 210 g/mol. The third-order valence-electron chi connectivity index (χ3n) is 2.03. The first kappa shape index (κ1) is 11.9. The van der Waals surface area contributed by atoms with Crippen LogP contribution in [0.3, 0.4) is 0 Å². The molecule has 2 N–H and O–H groups in total. The molecular formula is C11H15NO2S. The minimum absolute atomic E-state index is 0.374. The normalized spacial score (nSPS) is 10.0. The van der Waals surface area contributed by atoms with Crippen molar-refractivity contribution >= 4 is 23.4 Å². The van der Waals surface area contributed by atoms with Crippen LogP contribution < -0.4 is 5.32 Å². The van der Waals surface area contributed by atoms with Crippen LogP contribution in [0.25, 0.3) is 0 Å². The average molecular weight is 225 g/mol. The highest BCUT2D eigenvalue weighted by Gasteiger charge is 2.14. The number of aromatic carboxylic acids is 1. The summed E-state index contributed by atoms with van der Waals surface area (Å²) < 4.78 is 0. The van der Waals surface area contributed by atoms with Crippen LogP contribution in [0, 0.1) is 0 Å². The number of hydrogen-bond acceptors (Lipinski definition) is 3. The summed E-state index contributed by atoms with van der Waals surface area (Å²) in [5, 5.41) is 12.2. The third-order valence-corrected chi connectivity index (χ3v) is 2.81. The molecule has 0 saturated heterocycles. The zero-order valence-corrected chi connectivity index (χ0v) is 9.73. The lowest BCUT2D eigenvalue weighted by atomic mass is 10.1. The second kappa shape index (κ2) is 5.66. The Bertz CT molecular complexity index is 352. The van der Waals surface area contributed by atoms with E-state index in [2.05, 4.69) is 5.32 Å². The Morgan fingerprint density at radius 1 is 1.53 bits per heavy atom. The molecule has 0 saturated carbocycles. The predicted octanol–water partition coefficient (Wildman–Crippen LogP) is 2.93. The molecule has 0 aliphatic rings. The Morgan fingerprint density at radius 2 is 2.27 bits per heavy atom. The van der Waals surface area contributed by atoms with Crippen molar-refractivity contribution in [3.05, 3.63) is 23.8 Å². The van der Waals surface area contributed by atoms with Crippen molar-refractivity contribution in [1.82, 2.24) is 0 Å². The highest BCUT2D eigenvalue weighted by Crippen LogP contribution is 2.27. The molecule has 4 heteroatoms. The lowest BCUT2D eigenvalue weighted by molar-refractivity contribution is 0.0694. The summed E-state index contributed by atoms with van der Waals surface area (Å²) in [6, 6.07) is 5.50. The van der Waals surface area contributed by atoms with E-state index in [1.54, 1.807) is 6.07 Å². The van der Waals surface area contributed by atoms with Crippen molar-refractivity contribution < 1.29 is 9.90 Å². The summed E-state index contributed by atoms with van der Waals surface area (Å²) in [4.78, 5) is 11.9. The smallest absolute Gasteiger partial charge is 0.338 e. The van der Waals surface area contributed by atoms with Crippen LogP contribution in [0.1, 0.15) is 23.7 Å². The van der Waals surface area contributed by atoms with Crippen LogP contribution in [0.4, 0.5) is 5.69 Å². The predicted molar refractivity (Wildman–Crippen MR) is 64.0 cm³/mol. The third kappa shape index (κ3) is 2.89. The molecule has 0 atom stereocenters. The highest BCUT2D eigenvalue weighted by atomic mass is 32.2. The van der Waals surface area contributed by atoms with Gasteiger partial charge in [0.15, 0.2) is 0 Å². The number of nitrogens with one attached hydrogen (secondary N) is 1. The van der Waals surface area contributed by atoms with Crippen molar-refractivity contribution in [1.29, 1.82) is 0 Å². The first-order chi connectivity index (χ1) is 7.20. The number of thioether (sulfide) groups is 1. The monoisotopic (exact) mass is 225 g/mol. The Kier molecular flexibility index (Phi) is 4.49. The average Bonchev–Trinajstić information content (AvgIpc) is 2.25. The van der Waals surface area contributed by atoms with E-state index in [0.29, 0.717) is 11.3 Å². The largest absolute Gasteiger partial charge is 0.478 e. The minimum atomic E-state index is -0.876. The molecule has 0 amide bonds. The fourth-order valence-corrected chi connectivity index (χ4v) is 1.94. The van der Waals surface area contributed by atoms with E-state index >= 15 is 0 Å². The van der Waals surface area contributed by atoms with E-state index < -0.39 is 5.97 Å². The van der Waals surface area contributed by atoms with Crippen molar-refractivity contribution in [2.45, 2.75) is 18.2 Å². The van der Waals surface area contributed by atoms with E-state index in [1.165, 1.54) is 11.8 Å². The van der Waals surface area contributed by atoms with E-state index in [-0.39, 0.29) is 0 Å². The van der Waals surface area contributed by atoms with E-state index in [4.69, 9.17) is 5.11 Å². The first-order valence-corrected chi connectivity index (χ1v) is 6.07. The van der Waals surface area contributed by atoms with Crippen LogP contribution in [-0.2, 0) is 0 Å². The van der Waals surface area contributed by atoms with Crippen molar-refractivity contribution in [3.63, 3.8) is 0 Å². The number of anilines is 1. The second-order valence-electron chi connectivity index (χ2n) is 3.11. The maximum Gasteiger partial charge on any atom is 0.338 e. The van der Waals surface area contributed by atoms with Crippen LogP contribution in [0.2, 0.25) is 0 Å². The second-order valence-corrected chi connectivity index (χ2v) is 3.96. The zero-order valence-electron chi connectivity index (χ0n) is 8.91. The van der Waals surface area contributed by atoms with Crippen LogP contribution >= 0.6 is 11.8 Å². The van der Waals surface area contributed by atoms with E-state index in [9.17, 15) is 4.79 Å². The summed E-state index contributed by atoms with van der Waals surface area (Å²) >= 11 is 1.45. The molecule has 1 rings (SSSR count). The molecule has 0 bridgehead atoms. The molecule has 0 aromatic heterocycles. The molecule has 1 aromatic rings. The van der Waals surface area contributed by atoms with Gasteiger partial charge in [0.25, 0.3) is 0 Å². The fourth-order valence-electron chi connectivity index (χ4n) is 1.33. The number of benzene rings is 1. The molecule has 0 aliphatic heterocycles. The van der Waals surface area contributed by atoms with Gasteiger partial charge in [-0.25, -0.2) is 4.79 Å². The van der Waals surface area contributed by atoms with Gasteiger partial charge in [0, 0.05) is 17.1 Å². The van der Waals surface area contributed by atoms with Gasteiger partial charge in [-0.3, -0.25) is 0 Å². The lowest BCUT2D eigenvalue weighted by Crippen LogP contribution is -2.08. The standard InChI is InChI=1S/C11H15NO2S/c1-3-7-12-8-5-4-6-9(15-2)10(8)11(13)14/h4-6,12H,3,7H2,1-2H3,(H,13,14). The van der Waals surface area contributed by atoms with E-state index in [0.717, 1.165) is 17.9 Å². The van der Waals surface area contributed by atoms with Gasteiger partial charge >= 0.3 is 5.97 Å². The number of rotatable bonds is 5. The van der Waals surface area contributed by atoms with Crippen LogP contribution in [0.5, 0.6) is 0 Å². The van der Waals surface area contributed by atoms with Gasteiger partial charge in [0.2, 0.25) is 0 Å². The van der Waals surface area contributed by atoms with Gasteiger partial charge in [0.05, 0.1) is 5.56 Å². The zero-order chi connectivity index (χ0) is 11.3. The quantitative estimate of drug-likeness (QED) is 0.756. The van der Waals surface area contributed by atoms with Gasteiger partial charge in [-0.15, -0.1) is 11.8 Å².